The van der Waals surface area contributed by atoms with Crippen LogP contribution in [0.2, 0.25) is 19.6 Å². The van der Waals surface area contributed by atoms with E-state index >= 15 is 0 Å². The normalized spacial score (nSPS) is 11.9. The van der Waals surface area contributed by atoms with Crippen molar-refractivity contribution < 1.29 is 0 Å². The summed E-state index contributed by atoms with van der Waals surface area (Å²) in [5, 5.41) is 9.19. The molecule has 0 nitrogen and oxygen atoms in total. The number of rotatable bonds is 4. The van der Waals surface area contributed by atoms with Crippen LogP contribution in [-0.4, -0.2) is 8.07 Å². The van der Waals surface area contributed by atoms with Gasteiger partial charge in [-0.3, -0.25) is 0 Å². The van der Waals surface area contributed by atoms with E-state index in [-0.39, 0.29) is 0 Å². The van der Waals surface area contributed by atoms with E-state index in [2.05, 4.69) is 159 Å². The molecule has 7 rings (SSSR count). The second-order valence-electron chi connectivity index (χ2n) is 11.8. The Morgan fingerprint density at radius 1 is 0.350 bits per heavy atom. The molecule has 192 valence electrons. The minimum atomic E-state index is -1.31. The quantitative estimate of drug-likeness (QED) is 0.157. The van der Waals surface area contributed by atoms with E-state index in [1.807, 2.05) is 0 Å². The van der Waals surface area contributed by atoms with Crippen molar-refractivity contribution in [2.75, 3.05) is 0 Å². The Kier molecular flexibility index (Phi) is 5.91. The summed E-state index contributed by atoms with van der Waals surface area (Å²) in [6.07, 6.45) is 0. The zero-order chi connectivity index (χ0) is 27.3. The van der Waals surface area contributed by atoms with E-state index in [9.17, 15) is 0 Å². The van der Waals surface area contributed by atoms with Crippen molar-refractivity contribution in [2.24, 2.45) is 0 Å². The van der Waals surface area contributed by atoms with Crippen molar-refractivity contribution in [1.82, 2.24) is 0 Å². The molecule has 0 heterocycles. The second-order valence-corrected chi connectivity index (χ2v) is 16.9. The van der Waals surface area contributed by atoms with Crippen LogP contribution >= 0.6 is 0 Å². The largest absolute Gasteiger partial charge is 0.0775 e. The predicted octanol–water partition coefficient (Wildman–Crippen LogP) is 10.7. The van der Waals surface area contributed by atoms with Crippen LogP contribution in [0.4, 0.5) is 0 Å². The monoisotopic (exact) mass is 528 g/mol. The molecule has 0 atom stereocenters. The summed E-state index contributed by atoms with van der Waals surface area (Å²) in [5.74, 6) is 0. The van der Waals surface area contributed by atoms with Crippen LogP contribution in [0.25, 0.3) is 65.7 Å². The van der Waals surface area contributed by atoms with Crippen LogP contribution in [0.3, 0.4) is 0 Å². The average Bonchev–Trinajstić information content (AvgIpc) is 2.99. The highest BCUT2D eigenvalue weighted by Gasteiger charge is 2.18. The lowest BCUT2D eigenvalue weighted by atomic mass is 9.85. The van der Waals surface area contributed by atoms with Gasteiger partial charge in [0.15, 0.2) is 0 Å². The summed E-state index contributed by atoms with van der Waals surface area (Å²) in [4.78, 5) is 0. The highest BCUT2D eigenvalue weighted by atomic mass is 28.3. The van der Waals surface area contributed by atoms with Gasteiger partial charge < -0.3 is 0 Å². The summed E-state index contributed by atoms with van der Waals surface area (Å²) < 4.78 is 0. The van der Waals surface area contributed by atoms with Gasteiger partial charge in [-0.25, -0.2) is 0 Å². The fourth-order valence-electron chi connectivity index (χ4n) is 6.09. The Morgan fingerprint density at radius 2 is 0.750 bits per heavy atom. The summed E-state index contributed by atoms with van der Waals surface area (Å²) in [6.45, 7) is 7.20. The molecule has 0 fully saturated rings. The first-order valence-corrected chi connectivity index (χ1v) is 17.6. The Balaban J connectivity index is 1.41. The smallest absolute Gasteiger partial charge is 0.0656 e. The number of fused-ring (bicyclic) bond motifs is 3. The summed E-state index contributed by atoms with van der Waals surface area (Å²) >= 11 is 0. The van der Waals surface area contributed by atoms with Crippen molar-refractivity contribution in [1.29, 1.82) is 0 Å². The van der Waals surface area contributed by atoms with Gasteiger partial charge in [0.1, 0.15) is 0 Å². The molecule has 0 unspecified atom stereocenters. The van der Waals surface area contributed by atoms with Crippen LogP contribution in [0.1, 0.15) is 0 Å². The van der Waals surface area contributed by atoms with Crippen molar-refractivity contribution >= 4 is 45.6 Å². The molecule has 0 saturated heterocycles. The summed E-state index contributed by atoms with van der Waals surface area (Å²) in [6, 6.07) is 51.6. The standard InChI is InChI=1S/C39H32Si/c1-40(2,3)33-24-22-29(23-25-33)28-16-19-30(20-17-28)38-34-12-6-8-14-36(34)39(37-15-9-7-13-35(37)38)32-21-18-27-10-4-5-11-31(27)26-32/h4-26H,1-3H3. The van der Waals surface area contributed by atoms with Crippen molar-refractivity contribution in [3.05, 3.63) is 140 Å². The Bertz CT molecular complexity index is 1950. The number of benzene rings is 7. The molecule has 7 aromatic carbocycles. The van der Waals surface area contributed by atoms with Gasteiger partial charge in [-0.1, -0.05) is 158 Å². The van der Waals surface area contributed by atoms with Crippen LogP contribution < -0.4 is 5.19 Å². The topological polar surface area (TPSA) is 0 Å². The lowest BCUT2D eigenvalue weighted by Gasteiger charge is -2.18. The van der Waals surface area contributed by atoms with Gasteiger partial charge in [-0.15, -0.1) is 0 Å². The molecule has 0 N–H and O–H groups in total. The van der Waals surface area contributed by atoms with Gasteiger partial charge in [-0.2, -0.15) is 0 Å². The average molecular weight is 529 g/mol. The molecular weight excluding hydrogens is 497 g/mol. The van der Waals surface area contributed by atoms with Crippen LogP contribution in [0.15, 0.2) is 140 Å². The zero-order valence-corrected chi connectivity index (χ0v) is 24.3. The molecule has 0 aromatic heterocycles. The lowest BCUT2D eigenvalue weighted by Crippen LogP contribution is -2.37. The van der Waals surface area contributed by atoms with Gasteiger partial charge in [0.05, 0.1) is 8.07 Å². The molecule has 7 aromatic rings. The molecule has 0 saturated carbocycles. The first-order valence-electron chi connectivity index (χ1n) is 14.1. The van der Waals surface area contributed by atoms with E-state index in [4.69, 9.17) is 0 Å². The fourth-order valence-corrected chi connectivity index (χ4v) is 7.25. The molecule has 1 heteroatoms. The van der Waals surface area contributed by atoms with E-state index in [0.29, 0.717) is 0 Å². The minimum Gasteiger partial charge on any atom is -0.0656 e. The molecule has 0 bridgehead atoms. The second kappa shape index (κ2) is 9.62. The molecule has 40 heavy (non-hydrogen) atoms. The maximum Gasteiger partial charge on any atom is 0.0775 e. The molecule has 0 radical (unpaired) electrons. The SMILES string of the molecule is C[Si](C)(C)c1ccc(-c2ccc(-c3c4ccccc4c(-c4ccc5ccccc5c4)c4ccccc34)cc2)cc1. The lowest BCUT2D eigenvalue weighted by molar-refractivity contribution is 1.61. The zero-order valence-electron chi connectivity index (χ0n) is 23.3. The molecule has 0 aliphatic heterocycles. The molecule has 0 aliphatic rings. The van der Waals surface area contributed by atoms with Crippen molar-refractivity contribution in [2.45, 2.75) is 19.6 Å². The summed E-state index contributed by atoms with van der Waals surface area (Å²) in [5.41, 5.74) is 7.65. The Hall–Kier alpha value is -4.46. The van der Waals surface area contributed by atoms with E-state index in [1.165, 1.54) is 70.9 Å². The highest BCUT2D eigenvalue weighted by Crippen LogP contribution is 2.44. The van der Waals surface area contributed by atoms with Gasteiger partial charge in [0.25, 0.3) is 0 Å². The van der Waals surface area contributed by atoms with Gasteiger partial charge in [0.2, 0.25) is 0 Å². The van der Waals surface area contributed by atoms with Gasteiger partial charge in [0, 0.05) is 0 Å². The third-order valence-corrected chi connectivity index (χ3v) is 10.3. The first kappa shape index (κ1) is 24.6. The molecule has 0 spiro atoms. The van der Waals surface area contributed by atoms with E-state index in [0.717, 1.165) is 0 Å². The van der Waals surface area contributed by atoms with Gasteiger partial charge >= 0.3 is 0 Å². The van der Waals surface area contributed by atoms with Crippen molar-refractivity contribution in [3.8, 4) is 33.4 Å². The Morgan fingerprint density at radius 3 is 1.27 bits per heavy atom. The minimum absolute atomic E-state index is 1.25. The van der Waals surface area contributed by atoms with Crippen LogP contribution in [0, 0.1) is 0 Å². The maximum absolute atomic E-state index is 2.40. The first-order chi connectivity index (χ1) is 19.5. The molecule has 0 amide bonds. The van der Waals surface area contributed by atoms with E-state index < -0.39 is 8.07 Å². The summed E-state index contributed by atoms with van der Waals surface area (Å²) in [7, 11) is -1.31. The fraction of sp³-hybridized carbons (Fsp3) is 0.0769. The third-order valence-electron chi connectivity index (χ3n) is 8.23. The molecule has 0 aliphatic carbocycles. The number of hydrogen-bond donors (Lipinski definition) is 0. The van der Waals surface area contributed by atoms with Crippen LogP contribution in [-0.2, 0) is 0 Å². The van der Waals surface area contributed by atoms with Crippen molar-refractivity contribution in [3.63, 3.8) is 0 Å². The predicted molar refractivity (Wildman–Crippen MR) is 178 cm³/mol. The highest BCUT2D eigenvalue weighted by molar-refractivity contribution is 6.88. The Labute approximate surface area is 237 Å². The van der Waals surface area contributed by atoms with E-state index in [1.54, 1.807) is 0 Å². The third kappa shape index (κ3) is 4.24. The van der Waals surface area contributed by atoms with Gasteiger partial charge in [-0.05, 0) is 71.8 Å². The maximum atomic E-state index is 2.40. The number of hydrogen-bond acceptors (Lipinski definition) is 0. The molecular formula is C39H32Si. The van der Waals surface area contributed by atoms with Crippen LogP contribution in [0.5, 0.6) is 0 Å².